The van der Waals surface area contributed by atoms with Gasteiger partial charge in [0.1, 0.15) is 5.75 Å². The van der Waals surface area contributed by atoms with E-state index < -0.39 is 0 Å². The van der Waals surface area contributed by atoms with Crippen LogP contribution < -0.4 is 0 Å². The Balaban J connectivity index is 1.87. The van der Waals surface area contributed by atoms with Crippen LogP contribution in [-0.2, 0) is 16.0 Å². The maximum absolute atomic E-state index is 12.4. The molecule has 1 amide bonds. The second kappa shape index (κ2) is 8.39. The van der Waals surface area contributed by atoms with E-state index >= 15 is 0 Å². The summed E-state index contributed by atoms with van der Waals surface area (Å²) in [6.45, 7) is 2.47. The summed E-state index contributed by atoms with van der Waals surface area (Å²) in [4.78, 5) is 14.4. The molecular weight excluding hydrogens is 302 g/mol. The maximum atomic E-state index is 12.4. The summed E-state index contributed by atoms with van der Waals surface area (Å²) >= 11 is 5.89. The third kappa shape index (κ3) is 4.89. The summed E-state index contributed by atoms with van der Waals surface area (Å²) in [6, 6.07) is 4.95. The van der Waals surface area contributed by atoms with Crippen molar-refractivity contribution >= 4 is 17.5 Å². The average Bonchev–Trinajstić information content (AvgIpc) is 2.51. The maximum Gasteiger partial charge on any atom is 0.226 e. The van der Waals surface area contributed by atoms with Crippen LogP contribution in [-0.4, -0.2) is 42.7 Å². The Morgan fingerprint density at radius 2 is 2.32 bits per heavy atom. The van der Waals surface area contributed by atoms with E-state index in [2.05, 4.69) is 0 Å². The lowest BCUT2D eigenvalue weighted by atomic mass is 9.93. The molecule has 1 aliphatic heterocycles. The minimum atomic E-state index is 0.0500. The highest BCUT2D eigenvalue weighted by atomic mass is 35.5. The van der Waals surface area contributed by atoms with Gasteiger partial charge in [-0.1, -0.05) is 17.7 Å². The summed E-state index contributed by atoms with van der Waals surface area (Å²) in [6.07, 6.45) is 4.77. The molecule has 0 aliphatic carbocycles. The van der Waals surface area contributed by atoms with E-state index in [1.165, 1.54) is 12.5 Å². The molecule has 0 radical (unpaired) electrons. The predicted octanol–water partition coefficient (Wildman–Crippen LogP) is 3.25. The van der Waals surface area contributed by atoms with E-state index in [0.29, 0.717) is 17.4 Å². The molecule has 4 nitrogen and oxygen atoms in total. The van der Waals surface area contributed by atoms with E-state index in [4.69, 9.17) is 16.3 Å². The smallest absolute Gasteiger partial charge is 0.226 e. The van der Waals surface area contributed by atoms with E-state index in [1.807, 2.05) is 4.90 Å². The van der Waals surface area contributed by atoms with Crippen LogP contribution in [0.1, 0.15) is 31.2 Å². The van der Waals surface area contributed by atoms with Crippen molar-refractivity contribution in [2.45, 2.75) is 32.1 Å². The highest BCUT2D eigenvalue weighted by Gasteiger charge is 2.23. The van der Waals surface area contributed by atoms with Crippen LogP contribution in [0.25, 0.3) is 0 Å². The molecule has 1 saturated heterocycles. The first-order valence-electron chi connectivity index (χ1n) is 7.84. The average molecular weight is 326 g/mol. The highest BCUT2D eigenvalue weighted by Crippen LogP contribution is 2.25. The molecule has 0 aromatic heterocycles. The van der Waals surface area contributed by atoms with Gasteiger partial charge in [0.2, 0.25) is 5.91 Å². The van der Waals surface area contributed by atoms with Crippen molar-refractivity contribution < 1.29 is 14.6 Å². The topological polar surface area (TPSA) is 49.8 Å². The number of aromatic hydroxyl groups is 1. The van der Waals surface area contributed by atoms with Gasteiger partial charge in [0.15, 0.2) is 0 Å². The van der Waals surface area contributed by atoms with Crippen molar-refractivity contribution in [3.8, 4) is 5.75 Å². The number of nitrogens with zero attached hydrogens (tertiary/aromatic N) is 1. The normalized spacial score (nSPS) is 18.5. The monoisotopic (exact) mass is 325 g/mol. The highest BCUT2D eigenvalue weighted by molar-refractivity contribution is 6.32. The number of hydrogen-bond donors (Lipinski definition) is 1. The lowest BCUT2D eigenvalue weighted by molar-refractivity contribution is -0.132. The Hall–Kier alpha value is -1.26. The number of halogens is 1. The standard InChI is InChI=1S/C17H24ClNO3/c1-22-9-3-5-13-4-2-8-19(12-13)17(21)11-14-6-7-16(20)15(18)10-14/h6-7,10,13,20H,2-5,8-9,11-12H2,1H3/t13-/m0/s1. The van der Waals surface area contributed by atoms with Gasteiger partial charge in [-0.05, 0) is 49.3 Å². The number of carbonyl (C=O) groups excluding carboxylic acids is 1. The summed E-state index contributed by atoms with van der Waals surface area (Å²) in [5.41, 5.74) is 0.842. The first-order chi connectivity index (χ1) is 10.6. The number of methoxy groups -OCH3 is 1. The summed E-state index contributed by atoms with van der Waals surface area (Å²) in [7, 11) is 1.72. The second-order valence-electron chi connectivity index (χ2n) is 5.95. The molecule has 122 valence electrons. The van der Waals surface area contributed by atoms with Crippen LogP contribution in [0.4, 0.5) is 0 Å². The van der Waals surface area contributed by atoms with Gasteiger partial charge in [-0.25, -0.2) is 0 Å². The van der Waals surface area contributed by atoms with Gasteiger partial charge in [-0.2, -0.15) is 0 Å². The van der Waals surface area contributed by atoms with Gasteiger partial charge in [-0.15, -0.1) is 0 Å². The number of phenols is 1. The molecule has 0 saturated carbocycles. The molecule has 1 fully saturated rings. The Morgan fingerprint density at radius 1 is 1.50 bits per heavy atom. The Labute approximate surface area is 137 Å². The molecule has 1 aromatic rings. The van der Waals surface area contributed by atoms with E-state index in [0.717, 1.165) is 44.5 Å². The Kier molecular flexibility index (Phi) is 6.52. The van der Waals surface area contributed by atoms with Crippen LogP contribution in [0.15, 0.2) is 18.2 Å². The molecular formula is C17H24ClNO3. The summed E-state index contributed by atoms with van der Waals surface area (Å²) in [5.74, 6) is 0.767. The number of piperidine rings is 1. The molecule has 1 atom stereocenters. The molecule has 1 N–H and O–H groups in total. The van der Waals surface area contributed by atoms with Gasteiger partial charge in [0, 0.05) is 26.8 Å². The van der Waals surface area contributed by atoms with Crippen LogP contribution >= 0.6 is 11.6 Å². The van der Waals surface area contributed by atoms with Crippen LogP contribution in [0, 0.1) is 5.92 Å². The van der Waals surface area contributed by atoms with Crippen molar-refractivity contribution in [2.24, 2.45) is 5.92 Å². The number of ether oxygens (including phenoxy) is 1. The molecule has 5 heteroatoms. The Bertz CT molecular complexity index is 507. The fourth-order valence-electron chi connectivity index (χ4n) is 2.99. The lowest BCUT2D eigenvalue weighted by Crippen LogP contribution is -2.40. The van der Waals surface area contributed by atoms with E-state index in [1.54, 1.807) is 19.2 Å². The number of amides is 1. The molecule has 0 bridgehead atoms. The van der Waals surface area contributed by atoms with Gasteiger partial charge < -0.3 is 14.7 Å². The zero-order chi connectivity index (χ0) is 15.9. The SMILES string of the molecule is COCCC[C@@H]1CCCN(C(=O)Cc2ccc(O)c(Cl)c2)C1. The predicted molar refractivity (Wildman–Crippen MR) is 87.2 cm³/mol. The fourth-order valence-corrected chi connectivity index (χ4v) is 3.19. The third-order valence-electron chi connectivity index (χ3n) is 4.20. The quantitative estimate of drug-likeness (QED) is 0.817. The minimum Gasteiger partial charge on any atom is -0.506 e. The van der Waals surface area contributed by atoms with Crippen molar-refractivity contribution in [1.29, 1.82) is 0 Å². The molecule has 2 rings (SSSR count). The molecule has 1 aliphatic rings. The number of benzene rings is 1. The summed E-state index contributed by atoms with van der Waals surface area (Å²) in [5, 5.41) is 9.72. The zero-order valence-electron chi connectivity index (χ0n) is 13.1. The van der Waals surface area contributed by atoms with Crippen molar-refractivity contribution in [2.75, 3.05) is 26.8 Å². The number of phenolic OH excluding ortho intramolecular Hbond substituents is 1. The third-order valence-corrected chi connectivity index (χ3v) is 4.50. The number of likely N-dealkylation sites (tertiary alicyclic amines) is 1. The molecule has 0 unspecified atom stereocenters. The van der Waals surface area contributed by atoms with Gasteiger partial charge in [0.25, 0.3) is 0 Å². The van der Waals surface area contributed by atoms with Crippen LogP contribution in [0.5, 0.6) is 5.75 Å². The number of hydrogen-bond acceptors (Lipinski definition) is 3. The summed E-state index contributed by atoms with van der Waals surface area (Å²) < 4.78 is 5.09. The van der Waals surface area contributed by atoms with Crippen molar-refractivity contribution in [1.82, 2.24) is 4.90 Å². The van der Waals surface area contributed by atoms with E-state index in [-0.39, 0.29) is 11.7 Å². The van der Waals surface area contributed by atoms with Gasteiger partial charge in [-0.3, -0.25) is 4.79 Å². The molecule has 1 aromatic carbocycles. The largest absolute Gasteiger partial charge is 0.506 e. The van der Waals surface area contributed by atoms with E-state index in [9.17, 15) is 9.90 Å². The van der Waals surface area contributed by atoms with Gasteiger partial charge >= 0.3 is 0 Å². The number of rotatable bonds is 6. The van der Waals surface area contributed by atoms with Crippen molar-refractivity contribution in [3.63, 3.8) is 0 Å². The molecule has 22 heavy (non-hydrogen) atoms. The van der Waals surface area contributed by atoms with Gasteiger partial charge in [0.05, 0.1) is 11.4 Å². The molecule has 0 spiro atoms. The first kappa shape index (κ1) is 17.1. The zero-order valence-corrected chi connectivity index (χ0v) is 13.8. The van der Waals surface area contributed by atoms with Crippen molar-refractivity contribution in [3.05, 3.63) is 28.8 Å². The number of carbonyl (C=O) groups is 1. The molecule has 1 heterocycles. The fraction of sp³-hybridized carbons (Fsp3) is 0.588. The Morgan fingerprint density at radius 3 is 3.05 bits per heavy atom. The van der Waals surface area contributed by atoms with Crippen LogP contribution in [0.3, 0.4) is 0 Å². The lowest BCUT2D eigenvalue weighted by Gasteiger charge is -2.33. The first-order valence-corrected chi connectivity index (χ1v) is 8.22. The van der Waals surface area contributed by atoms with Crippen LogP contribution in [0.2, 0.25) is 5.02 Å². The second-order valence-corrected chi connectivity index (χ2v) is 6.35. The minimum absolute atomic E-state index is 0.0500.